The molecule has 0 aliphatic rings. The van der Waals surface area contributed by atoms with Crippen LogP contribution >= 0.6 is 0 Å². The molecule has 0 atom stereocenters. The maximum atomic E-state index is 12.3. The Morgan fingerprint density at radius 1 is 1.54 bits per heavy atom. The van der Waals surface area contributed by atoms with Gasteiger partial charge in [-0.15, -0.1) is 0 Å². The fraction of sp³-hybridized carbons (Fsp3) is 0.111. The molecule has 0 amide bonds. The van der Waals surface area contributed by atoms with E-state index in [9.17, 15) is 9.18 Å². The first-order valence-electron chi connectivity index (χ1n) is 3.82. The van der Waals surface area contributed by atoms with Crippen LogP contribution in [0.25, 0.3) is 5.52 Å². The number of carbonyl (C=O) groups is 1. The van der Waals surface area contributed by atoms with Crippen molar-refractivity contribution in [3.63, 3.8) is 0 Å². The average Bonchev–Trinajstić information content (AvgIpc) is 2.59. The fourth-order valence-corrected chi connectivity index (χ4v) is 1.22. The minimum Gasteiger partial charge on any atom is -0.297 e. The zero-order valence-electron chi connectivity index (χ0n) is 6.77. The van der Waals surface area contributed by atoms with Crippen molar-refractivity contribution in [3.8, 4) is 0 Å². The van der Waals surface area contributed by atoms with Crippen LogP contribution in [0.15, 0.2) is 24.5 Å². The van der Waals surface area contributed by atoms with Gasteiger partial charge in [-0.3, -0.25) is 9.20 Å². The number of imidazole rings is 1. The third-order valence-electron chi connectivity index (χ3n) is 1.88. The third-order valence-corrected chi connectivity index (χ3v) is 1.88. The fourth-order valence-electron chi connectivity index (χ4n) is 1.22. The summed E-state index contributed by atoms with van der Waals surface area (Å²) >= 11 is 0. The molecular formula is C9H7FN2O. The number of hydrogen-bond donors (Lipinski definition) is 0. The van der Waals surface area contributed by atoms with Gasteiger partial charge in [0.2, 0.25) is 0 Å². The molecule has 0 aromatic carbocycles. The van der Waals surface area contributed by atoms with Crippen LogP contribution in [0.4, 0.5) is 4.39 Å². The normalized spacial score (nSPS) is 10.5. The number of fused-ring (bicyclic) bond motifs is 1. The number of rotatable bonds is 2. The summed E-state index contributed by atoms with van der Waals surface area (Å²) < 4.78 is 13.8. The van der Waals surface area contributed by atoms with Crippen LogP contribution in [0.3, 0.4) is 0 Å². The van der Waals surface area contributed by atoms with Gasteiger partial charge in [0.25, 0.3) is 0 Å². The van der Waals surface area contributed by atoms with Gasteiger partial charge in [0.05, 0.1) is 11.7 Å². The zero-order valence-corrected chi connectivity index (χ0v) is 6.77. The summed E-state index contributed by atoms with van der Waals surface area (Å²) in [4.78, 5) is 14.4. The van der Waals surface area contributed by atoms with Gasteiger partial charge in [0.15, 0.2) is 12.1 Å². The van der Waals surface area contributed by atoms with E-state index in [-0.39, 0.29) is 0 Å². The second kappa shape index (κ2) is 2.97. The highest BCUT2D eigenvalue weighted by Crippen LogP contribution is 2.09. The molecule has 0 bridgehead atoms. The lowest BCUT2D eigenvalue weighted by Gasteiger charge is -1.97. The smallest absolute Gasteiger partial charge is 0.185 e. The Morgan fingerprint density at radius 3 is 3.08 bits per heavy atom. The van der Waals surface area contributed by atoms with Crippen LogP contribution in [0.2, 0.25) is 0 Å². The van der Waals surface area contributed by atoms with Gasteiger partial charge < -0.3 is 0 Å². The number of halogens is 1. The van der Waals surface area contributed by atoms with Gasteiger partial charge in [0, 0.05) is 6.20 Å². The van der Waals surface area contributed by atoms with Gasteiger partial charge in [-0.2, -0.15) is 0 Å². The first-order chi connectivity index (χ1) is 6.35. The molecule has 0 unspecified atom stereocenters. The summed E-state index contributed by atoms with van der Waals surface area (Å²) in [5.41, 5.74) is 1.33. The minimum absolute atomic E-state index is 0.297. The van der Waals surface area contributed by atoms with Crippen molar-refractivity contribution in [2.24, 2.45) is 0 Å². The van der Waals surface area contributed by atoms with E-state index in [0.29, 0.717) is 17.7 Å². The summed E-state index contributed by atoms with van der Waals surface area (Å²) in [6, 6.07) is 3.40. The molecule has 0 aliphatic heterocycles. The van der Waals surface area contributed by atoms with Gasteiger partial charge in [-0.05, 0) is 11.6 Å². The van der Waals surface area contributed by atoms with E-state index in [0.717, 1.165) is 5.52 Å². The van der Waals surface area contributed by atoms with Crippen LogP contribution in [0, 0.1) is 0 Å². The van der Waals surface area contributed by atoms with Gasteiger partial charge >= 0.3 is 0 Å². The molecular weight excluding hydrogens is 171 g/mol. The highest BCUT2D eigenvalue weighted by molar-refractivity contribution is 5.72. The van der Waals surface area contributed by atoms with E-state index in [1.807, 2.05) is 0 Å². The van der Waals surface area contributed by atoms with Crippen molar-refractivity contribution in [2.75, 3.05) is 0 Å². The summed E-state index contributed by atoms with van der Waals surface area (Å²) in [6.45, 7) is -0.535. The SMILES string of the molecule is O=Cc1ncc2ccc(CF)cn12. The highest BCUT2D eigenvalue weighted by atomic mass is 19.1. The molecule has 3 nitrogen and oxygen atoms in total. The number of carbonyl (C=O) groups excluding carboxylic acids is 1. The van der Waals surface area contributed by atoms with Crippen molar-refractivity contribution in [2.45, 2.75) is 6.67 Å². The zero-order chi connectivity index (χ0) is 9.26. The Morgan fingerprint density at radius 2 is 2.38 bits per heavy atom. The largest absolute Gasteiger partial charge is 0.297 e. The second-order valence-electron chi connectivity index (χ2n) is 2.70. The molecule has 66 valence electrons. The van der Waals surface area contributed by atoms with Crippen LogP contribution in [-0.4, -0.2) is 15.7 Å². The topological polar surface area (TPSA) is 34.4 Å². The molecule has 0 radical (unpaired) electrons. The van der Waals surface area contributed by atoms with Crippen molar-refractivity contribution < 1.29 is 9.18 Å². The van der Waals surface area contributed by atoms with E-state index in [1.54, 1.807) is 28.9 Å². The number of pyridine rings is 1. The maximum Gasteiger partial charge on any atom is 0.185 e. The standard InChI is InChI=1S/C9H7FN2O/c10-3-7-1-2-8-4-11-9(6-13)12(8)5-7/h1-2,4-6H,3H2. The summed E-state index contributed by atoms with van der Waals surface area (Å²) in [6.07, 6.45) is 3.80. The summed E-state index contributed by atoms with van der Waals surface area (Å²) in [7, 11) is 0. The Balaban J connectivity index is 2.71. The lowest BCUT2D eigenvalue weighted by Crippen LogP contribution is -1.93. The molecule has 0 fully saturated rings. The molecule has 2 rings (SSSR count). The molecule has 0 N–H and O–H groups in total. The molecule has 0 spiro atoms. The molecule has 4 heteroatoms. The summed E-state index contributed by atoms with van der Waals surface area (Å²) in [5.74, 6) is 0.297. The van der Waals surface area contributed by atoms with Gasteiger partial charge in [-0.25, -0.2) is 9.37 Å². The van der Waals surface area contributed by atoms with Crippen molar-refractivity contribution in [1.29, 1.82) is 0 Å². The number of hydrogen-bond acceptors (Lipinski definition) is 2. The maximum absolute atomic E-state index is 12.3. The van der Waals surface area contributed by atoms with E-state index >= 15 is 0 Å². The van der Waals surface area contributed by atoms with Crippen molar-refractivity contribution in [1.82, 2.24) is 9.38 Å². The minimum atomic E-state index is -0.535. The first-order valence-corrected chi connectivity index (χ1v) is 3.82. The van der Waals surface area contributed by atoms with Crippen LogP contribution in [0.5, 0.6) is 0 Å². The molecule has 13 heavy (non-hydrogen) atoms. The first kappa shape index (κ1) is 7.91. The van der Waals surface area contributed by atoms with E-state index in [4.69, 9.17) is 0 Å². The van der Waals surface area contributed by atoms with Crippen LogP contribution < -0.4 is 0 Å². The molecule has 2 heterocycles. The van der Waals surface area contributed by atoms with E-state index in [1.165, 1.54) is 0 Å². The number of aromatic nitrogens is 2. The van der Waals surface area contributed by atoms with Gasteiger partial charge in [0.1, 0.15) is 6.67 Å². The molecule has 0 saturated carbocycles. The number of aldehydes is 1. The van der Waals surface area contributed by atoms with Crippen LogP contribution in [-0.2, 0) is 6.67 Å². The Kier molecular flexibility index (Phi) is 1.81. The highest BCUT2D eigenvalue weighted by Gasteiger charge is 2.01. The molecule has 0 aliphatic carbocycles. The molecule has 0 saturated heterocycles. The Bertz CT molecular complexity index is 450. The summed E-state index contributed by atoms with van der Waals surface area (Å²) in [5, 5.41) is 0. The Labute approximate surface area is 73.8 Å². The monoisotopic (exact) mass is 178 g/mol. The Hall–Kier alpha value is -1.71. The van der Waals surface area contributed by atoms with Gasteiger partial charge in [-0.1, -0.05) is 6.07 Å². The van der Waals surface area contributed by atoms with Crippen LogP contribution in [0.1, 0.15) is 16.2 Å². The van der Waals surface area contributed by atoms with E-state index < -0.39 is 6.67 Å². The lowest BCUT2D eigenvalue weighted by molar-refractivity contribution is 0.111. The number of alkyl halides is 1. The predicted octanol–water partition coefficient (Wildman–Crippen LogP) is 1.62. The second-order valence-corrected chi connectivity index (χ2v) is 2.70. The third kappa shape index (κ3) is 1.20. The predicted molar refractivity (Wildman–Crippen MR) is 45.4 cm³/mol. The van der Waals surface area contributed by atoms with Crippen molar-refractivity contribution in [3.05, 3.63) is 35.9 Å². The van der Waals surface area contributed by atoms with E-state index in [2.05, 4.69) is 4.98 Å². The van der Waals surface area contributed by atoms with Crippen molar-refractivity contribution >= 4 is 11.8 Å². The lowest BCUT2D eigenvalue weighted by atomic mass is 10.3. The number of nitrogens with zero attached hydrogens (tertiary/aromatic N) is 2. The molecule has 2 aromatic rings. The molecule has 2 aromatic heterocycles. The average molecular weight is 178 g/mol. The quantitative estimate of drug-likeness (QED) is 0.655.